The van der Waals surface area contributed by atoms with Crippen molar-refractivity contribution in [3.8, 4) is 5.88 Å². The largest absolute Gasteiger partial charge is 0.481 e. The van der Waals surface area contributed by atoms with Gasteiger partial charge in [-0.15, -0.1) is 0 Å². The molecule has 0 aliphatic carbocycles. The maximum atomic E-state index is 12.9. The summed E-state index contributed by atoms with van der Waals surface area (Å²) >= 11 is 0. The first-order valence-corrected chi connectivity index (χ1v) is 9.60. The first-order valence-electron chi connectivity index (χ1n) is 9.60. The van der Waals surface area contributed by atoms with Crippen molar-refractivity contribution in [1.29, 1.82) is 0 Å². The Morgan fingerprint density at radius 3 is 2.66 bits per heavy atom. The van der Waals surface area contributed by atoms with Gasteiger partial charge in [0.1, 0.15) is 6.04 Å². The Labute approximate surface area is 169 Å². The van der Waals surface area contributed by atoms with E-state index < -0.39 is 6.04 Å². The number of pyridine rings is 1. The molecule has 1 unspecified atom stereocenters. The molecule has 0 aliphatic heterocycles. The Hall–Kier alpha value is -3.35. The first-order chi connectivity index (χ1) is 14.0. The quantitative estimate of drug-likeness (QED) is 0.547. The second kappa shape index (κ2) is 9.23. The van der Waals surface area contributed by atoms with Crippen LogP contribution >= 0.6 is 0 Å². The molecule has 0 bridgehead atoms. The second-order valence-corrected chi connectivity index (χ2v) is 7.17. The summed E-state index contributed by atoms with van der Waals surface area (Å²) in [6, 6.07) is 10.8. The van der Waals surface area contributed by atoms with Gasteiger partial charge in [-0.3, -0.25) is 9.59 Å². The maximum Gasteiger partial charge on any atom is 0.243 e. The zero-order valence-electron chi connectivity index (χ0n) is 16.9. The summed E-state index contributed by atoms with van der Waals surface area (Å²) in [5.41, 5.74) is 2.74. The molecule has 3 rings (SSSR count). The number of benzene rings is 1. The van der Waals surface area contributed by atoms with E-state index in [2.05, 4.69) is 20.6 Å². The normalized spacial score (nSPS) is 12.0. The van der Waals surface area contributed by atoms with Crippen molar-refractivity contribution in [1.82, 2.24) is 20.6 Å². The lowest BCUT2D eigenvalue weighted by Crippen LogP contribution is -2.49. The highest BCUT2D eigenvalue weighted by molar-refractivity contribution is 5.90. The number of hydrogen-bond donors (Lipinski definition) is 3. The lowest BCUT2D eigenvalue weighted by molar-refractivity contribution is -0.130. The van der Waals surface area contributed by atoms with Crippen molar-refractivity contribution >= 4 is 22.7 Å². The average Bonchev–Trinajstić information content (AvgIpc) is 3.14. The standard InChI is InChI=1S/C22H26N4O3/c1-14(2)20(27)26-19(11-16-13-24-18-9-5-4-8-17(16)18)21(28)25-12-15-7-6-10-23-22(15)29-3/h4-10,13-14,19,24H,11-12H2,1-3H3,(H,25,28)(H,26,27). The second-order valence-electron chi connectivity index (χ2n) is 7.17. The number of hydrogen-bond acceptors (Lipinski definition) is 4. The molecule has 152 valence electrons. The fourth-order valence-electron chi connectivity index (χ4n) is 3.12. The topological polar surface area (TPSA) is 96.1 Å². The zero-order chi connectivity index (χ0) is 20.8. The maximum absolute atomic E-state index is 12.9. The molecule has 7 heteroatoms. The van der Waals surface area contributed by atoms with Gasteiger partial charge in [0.2, 0.25) is 17.7 Å². The minimum Gasteiger partial charge on any atom is -0.481 e. The summed E-state index contributed by atoms with van der Waals surface area (Å²) in [5, 5.41) is 6.81. The fourth-order valence-corrected chi connectivity index (χ4v) is 3.12. The smallest absolute Gasteiger partial charge is 0.243 e. The predicted octanol–water partition coefficient (Wildman–Crippen LogP) is 2.57. The number of carbonyl (C=O) groups excluding carboxylic acids is 2. The number of H-pyrrole nitrogens is 1. The number of methoxy groups -OCH3 is 1. The van der Waals surface area contributed by atoms with Crippen molar-refractivity contribution in [3.05, 3.63) is 59.9 Å². The lowest BCUT2D eigenvalue weighted by atomic mass is 10.0. The van der Waals surface area contributed by atoms with Crippen LogP contribution in [-0.2, 0) is 22.6 Å². The third-order valence-electron chi connectivity index (χ3n) is 4.75. The monoisotopic (exact) mass is 394 g/mol. The van der Waals surface area contributed by atoms with E-state index in [1.807, 2.05) is 36.5 Å². The van der Waals surface area contributed by atoms with Crippen LogP contribution in [0.4, 0.5) is 0 Å². The third kappa shape index (κ3) is 4.93. The highest BCUT2D eigenvalue weighted by Gasteiger charge is 2.24. The summed E-state index contributed by atoms with van der Waals surface area (Å²) in [6.45, 7) is 3.87. The highest BCUT2D eigenvalue weighted by atomic mass is 16.5. The average molecular weight is 394 g/mol. The number of para-hydroxylation sites is 1. The van der Waals surface area contributed by atoms with Crippen molar-refractivity contribution in [2.45, 2.75) is 32.9 Å². The van der Waals surface area contributed by atoms with Crippen LogP contribution in [0, 0.1) is 5.92 Å². The summed E-state index contributed by atoms with van der Waals surface area (Å²) in [7, 11) is 1.54. The molecule has 0 spiro atoms. The fraction of sp³-hybridized carbons (Fsp3) is 0.318. The van der Waals surface area contributed by atoms with Gasteiger partial charge >= 0.3 is 0 Å². The van der Waals surface area contributed by atoms with Crippen molar-refractivity contribution in [2.75, 3.05) is 7.11 Å². The van der Waals surface area contributed by atoms with E-state index in [4.69, 9.17) is 4.74 Å². The molecule has 1 aromatic carbocycles. The van der Waals surface area contributed by atoms with Crippen LogP contribution in [0.25, 0.3) is 10.9 Å². The summed E-state index contributed by atoms with van der Waals surface area (Å²) < 4.78 is 5.23. The highest BCUT2D eigenvalue weighted by Crippen LogP contribution is 2.19. The molecule has 2 amide bonds. The molecule has 0 saturated heterocycles. The van der Waals surface area contributed by atoms with Gasteiger partial charge in [-0.25, -0.2) is 4.98 Å². The Kier molecular flexibility index (Phi) is 6.49. The predicted molar refractivity (Wildman–Crippen MR) is 111 cm³/mol. The minimum absolute atomic E-state index is 0.163. The van der Waals surface area contributed by atoms with Crippen molar-refractivity contribution in [2.24, 2.45) is 5.92 Å². The van der Waals surface area contributed by atoms with Crippen LogP contribution in [0.5, 0.6) is 5.88 Å². The molecule has 3 aromatic rings. The van der Waals surface area contributed by atoms with Gasteiger partial charge in [-0.2, -0.15) is 0 Å². The number of nitrogens with one attached hydrogen (secondary N) is 3. The Bertz CT molecular complexity index is 996. The van der Waals surface area contributed by atoms with E-state index in [9.17, 15) is 9.59 Å². The number of amides is 2. The van der Waals surface area contributed by atoms with E-state index in [1.165, 1.54) is 7.11 Å². The van der Waals surface area contributed by atoms with Gasteiger partial charge in [0.05, 0.1) is 7.11 Å². The first kappa shape index (κ1) is 20.4. The van der Waals surface area contributed by atoms with Crippen LogP contribution < -0.4 is 15.4 Å². The molecule has 1 atom stereocenters. The molecule has 7 nitrogen and oxygen atoms in total. The molecule has 3 N–H and O–H groups in total. The Morgan fingerprint density at radius 2 is 1.90 bits per heavy atom. The molecule has 0 saturated carbocycles. The van der Waals surface area contributed by atoms with E-state index in [0.717, 1.165) is 22.0 Å². The van der Waals surface area contributed by atoms with E-state index in [0.29, 0.717) is 12.3 Å². The molecular formula is C22H26N4O3. The van der Waals surface area contributed by atoms with Gasteiger partial charge in [0, 0.05) is 47.7 Å². The number of ether oxygens (including phenoxy) is 1. The van der Waals surface area contributed by atoms with Crippen LogP contribution in [0.1, 0.15) is 25.0 Å². The third-order valence-corrected chi connectivity index (χ3v) is 4.75. The number of nitrogens with zero attached hydrogens (tertiary/aromatic N) is 1. The van der Waals surface area contributed by atoms with Gasteiger partial charge in [-0.1, -0.05) is 38.1 Å². The number of rotatable bonds is 8. The van der Waals surface area contributed by atoms with Crippen LogP contribution in [0.15, 0.2) is 48.8 Å². The number of aromatic amines is 1. The summed E-state index contributed by atoms with van der Waals surface area (Å²) in [6.07, 6.45) is 3.90. The number of carbonyl (C=O) groups is 2. The van der Waals surface area contributed by atoms with Gasteiger partial charge < -0.3 is 20.4 Å². The number of aromatic nitrogens is 2. The van der Waals surface area contributed by atoms with E-state index in [1.54, 1.807) is 26.1 Å². The molecular weight excluding hydrogens is 368 g/mol. The molecule has 2 heterocycles. The summed E-state index contributed by atoms with van der Waals surface area (Å²) in [4.78, 5) is 32.6. The Balaban J connectivity index is 1.77. The zero-order valence-corrected chi connectivity index (χ0v) is 16.9. The van der Waals surface area contributed by atoms with Gasteiger partial charge in [-0.05, 0) is 17.7 Å². The summed E-state index contributed by atoms with van der Waals surface area (Å²) in [5.74, 6) is -0.169. The lowest BCUT2D eigenvalue weighted by Gasteiger charge is -2.20. The van der Waals surface area contributed by atoms with Gasteiger partial charge in [0.25, 0.3) is 0 Å². The molecule has 0 radical (unpaired) electrons. The van der Waals surface area contributed by atoms with E-state index in [-0.39, 0.29) is 24.3 Å². The van der Waals surface area contributed by atoms with Crippen molar-refractivity contribution in [3.63, 3.8) is 0 Å². The van der Waals surface area contributed by atoms with Crippen LogP contribution in [0.2, 0.25) is 0 Å². The number of fused-ring (bicyclic) bond motifs is 1. The Morgan fingerprint density at radius 1 is 1.10 bits per heavy atom. The minimum atomic E-state index is -0.688. The van der Waals surface area contributed by atoms with Crippen LogP contribution in [-0.4, -0.2) is 34.9 Å². The molecule has 0 fully saturated rings. The molecule has 29 heavy (non-hydrogen) atoms. The van der Waals surface area contributed by atoms with E-state index >= 15 is 0 Å². The molecule has 2 aromatic heterocycles. The van der Waals surface area contributed by atoms with Crippen LogP contribution in [0.3, 0.4) is 0 Å². The molecule has 0 aliphatic rings. The SMILES string of the molecule is COc1ncccc1CNC(=O)C(Cc1c[nH]c2ccccc12)NC(=O)C(C)C. The van der Waals surface area contributed by atoms with Gasteiger partial charge in [0.15, 0.2) is 0 Å². The van der Waals surface area contributed by atoms with Crippen molar-refractivity contribution < 1.29 is 14.3 Å².